The molecule has 0 saturated heterocycles. The van der Waals surface area contributed by atoms with Crippen molar-refractivity contribution in [2.75, 3.05) is 38.3 Å². The van der Waals surface area contributed by atoms with Gasteiger partial charge in [0.1, 0.15) is 0 Å². The summed E-state index contributed by atoms with van der Waals surface area (Å²) in [5.74, 6) is 0.915. The maximum Gasteiger partial charge on any atom is 0.185 e. The lowest BCUT2D eigenvalue weighted by molar-refractivity contribution is 0.199. The van der Waals surface area contributed by atoms with Gasteiger partial charge < -0.3 is 15.0 Å². The molecule has 0 bridgehead atoms. The van der Waals surface area contributed by atoms with E-state index in [1.54, 1.807) is 18.4 Å². The summed E-state index contributed by atoms with van der Waals surface area (Å²) in [6, 6.07) is 0. The van der Waals surface area contributed by atoms with Gasteiger partial charge in [0, 0.05) is 38.7 Å². The van der Waals surface area contributed by atoms with E-state index in [1.165, 1.54) is 30.9 Å². The van der Waals surface area contributed by atoms with Crippen LogP contribution in [0.4, 0.5) is 5.13 Å². The molecule has 1 fully saturated rings. The molecule has 0 radical (unpaired) electrons. The van der Waals surface area contributed by atoms with Crippen LogP contribution in [0, 0.1) is 5.92 Å². The van der Waals surface area contributed by atoms with Crippen LogP contribution < -0.4 is 10.2 Å². The smallest absolute Gasteiger partial charge is 0.185 e. The highest BCUT2D eigenvalue weighted by atomic mass is 32.1. The number of rotatable bonds is 10. The van der Waals surface area contributed by atoms with Gasteiger partial charge in [-0.25, -0.2) is 4.98 Å². The van der Waals surface area contributed by atoms with Crippen LogP contribution in [-0.2, 0) is 11.3 Å². The van der Waals surface area contributed by atoms with Crippen LogP contribution in [0.25, 0.3) is 0 Å². The third-order valence-corrected chi connectivity index (χ3v) is 4.22. The van der Waals surface area contributed by atoms with E-state index in [1.807, 2.05) is 0 Å². The van der Waals surface area contributed by atoms with E-state index in [2.05, 4.69) is 22.5 Å². The molecule has 1 N–H and O–H groups in total. The molecule has 1 aromatic heterocycles. The summed E-state index contributed by atoms with van der Waals surface area (Å²) in [5.41, 5.74) is 1.15. The van der Waals surface area contributed by atoms with Crippen molar-refractivity contribution >= 4 is 16.5 Å². The largest absolute Gasteiger partial charge is 0.383 e. The molecule has 0 aliphatic heterocycles. The van der Waals surface area contributed by atoms with Crippen LogP contribution in [-0.4, -0.2) is 38.3 Å². The van der Waals surface area contributed by atoms with Gasteiger partial charge in [-0.3, -0.25) is 0 Å². The Morgan fingerprint density at radius 1 is 1.53 bits per heavy atom. The molecule has 1 aromatic rings. The molecule has 2 rings (SSSR count). The third kappa shape index (κ3) is 5.09. The van der Waals surface area contributed by atoms with Crippen molar-refractivity contribution in [2.45, 2.75) is 32.7 Å². The standard InChI is InChI=1S/C14H25N3OS/c1-3-7-17(10-12-4-5-12)14-16-13(11-19-14)9-15-6-8-18-2/h11-12,15H,3-10H2,1-2H3. The Kier molecular flexibility index (Phi) is 6.07. The fourth-order valence-electron chi connectivity index (χ4n) is 2.06. The van der Waals surface area contributed by atoms with Gasteiger partial charge in [-0.2, -0.15) is 0 Å². The number of methoxy groups -OCH3 is 1. The lowest BCUT2D eigenvalue weighted by Gasteiger charge is -2.20. The molecule has 1 saturated carbocycles. The molecule has 0 aromatic carbocycles. The zero-order valence-corrected chi connectivity index (χ0v) is 12.8. The molecule has 1 heterocycles. The Hall–Kier alpha value is -0.650. The zero-order valence-electron chi connectivity index (χ0n) is 12.0. The van der Waals surface area contributed by atoms with Gasteiger partial charge in [0.25, 0.3) is 0 Å². The first-order chi connectivity index (χ1) is 9.33. The highest BCUT2D eigenvalue weighted by molar-refractivity contribution is 7.13. The van der Waals surface area contributed by atoms with Crippen molar-refractivity contribution < 1.29 is 4.74 Å². The van der Waals surface area contributed by atoms with E-state index < -0.39 is 0 Å². The van der Waals surface area contributed by atoms with Crippen molar-refractivity contribution in [3.63, 3.8) is 0 Å². The molecular formula is C14H25N3OS. The molecule has 1 aliphatic carbocycles. The number of hydrogen-bond donors (Lipinski definition) is 1. The summed E-state index contributed by atoms with van der Waals surface area (Å²) >= 11 is 1.77. The van der Waals surface area contributed by atoms with Crippen LogP contribution in [0.5, 0.6) is 0 Å². The van der Waals surface area contributed by atoms with Crippen molar-refractivity contribution in [1.82, 2.24) is 10.3 Å². The van der Waals surface area contributed by atoms with Crippen LogP contribution in [0.15, 0.2) is 5.38 Å². The minimum atomic E-state index is 0.751. The molecule has 108 valence electrons. The number of thiazole rings is 1. The SMILES string of the molecule is CCCN(CC1CC1)c1nc(CNCCOC)cs1. The Balaban J connectivity index is 1.82. The number of aromatic nitrogens is 1. The Bertz CT molecular complexity index is 365. The number of hydrogen-bond acceptors (Lipinski definition) is 5. The average molecular weight is 283 g/mol. The Morgan fingerprint density at radius 2 is 2.37 bits per heavy atom. The lowest BCUT2D eigenvalue weighted by atomic mass is 10.3. The predicted octanol–water partition coefficient (Wildman–Crippen LogP) is 2.51. The normalized spacial score (nSPS) is 14.8. The Morgan fingerprint density at radius 3 is 3.05 bits per heavy atom. The van der Waals surface area contributed by atoms with Gasteiger partial charge in [-0.15, -0.1) is 11.3 Å². The summed E-state index contributed by atoms with van der Waals surface area (Å²) in [6.07, 6.45) is 3.99. The average Bonchev–Trinajstić information content (AvgIpc) is 3.11. The van der Waals surface area contributed by atoms with Crippen LogP contribution >= 0.6 is 11.3 Å². The van der Waals surface area contributed by atoms with E-state index in [4.69, 9.17) is 9.72 Å². The molecule has 0 atom stereocenters. The molecule has 19 heavy (non-hydrogen) atoms. The van der Waals surface area contributed by atoms with Gasteiger partial charge in [0.15, 0.2) is 5.13 Å². The number of nitrogens with one attached hydrogen (secondary N) is 1. The molecule has 0 unspecified atom stereocenters. The first kappa shape index (κ1) is 14.8. The number of ether oxygens (including phenoxy) is 1. The molecular weight excluding hydrogens is 258 g/mol. The lowest BCUT2D eigenvalue weighted by Crippen LogP contribution is -2.26. The fourth-order valence-corrected chi connectivity index (χ4v) is 2.92. The van der Waals surface area contributed by atoms with Gasteiger partial charge in [0.2, 0.25) is 0 Å². The second-order valence-corrected chi connectivity index (χ2v) is 6.02. The minimum Gasteiger partial charge on any atom is -0.383 e. The van der Waals surface area contributed by atoms with E-state index in [0.29, 0.717) is 0 Å². The van der Waals surface area contributed by atoms with Gasteiger partial charge in [-0.1, -0.05) is 6.92 Å². The van der Waals surface area contributed by atoms with Gasteiger partial charge in [0.05, 0.1) is 12.3 Å². The van der Waals surface area contributed by atoms with E-state index in [0.717, 1.165) is 37.9 Å². The second kappa shape index (κ2) is 7.82. The van der Waals surface area contributed by atoms with Gasteiger partial charge in [-0.05, 0) is 25.2 Å². The zero-order chi connectivity index (χ0) is 13.5. The van der Waals surface area contributed by atoms with Crippen molar-refractivity contribution in [2.24, 2.45) is 5.92 Å². The highest BCUT2D eigenvalue weighted by Gasteiger charge is 2.25. The molecule has 5 heteroatoms. The van der Waals surface area contributed by atoms with Gasteiger partial charge >= 0.3 is 0 Å². The maximum atomic E-state index is 5.02. The maximum absolute atomic E-state index is 5.02. The first-order valence-electron chi connectivity index (χ1n) is 7.22. The summed E-state index contributed by atoms with van der Waals surface area (Å²) in [6.45, 7) is 7.02. The van der Waals surface area contributed by atoms with Crippen LogP contribution in [0.1, 0.15) is 31.9 Å². The van der Waals surface area contributed by atoms with Crippen molar-refractivity contribution in [1.29, 1.82) is 0 Å². The quantitative estimate of drug-likeness (QED) is 0.670. The van der Waals surface area contributed by atoms with Crippen LogP contribution in [0.3, 0.4) is 0 Å². The minimum absolute atomic E-state index is 0.751. The third-order valence-electron chi connectivity index (χ3n) is 3.27. The summed E-state index contributed by atoms with van der Waals surface area (Å²) in [7, 11) is 1.73. The highest BCUT2D eigenvalue weighted by Crippen LogP contribution is 2.32. The predicted molar refractivity (Wildman–Crippen MR) is 80.9 cm³/mol. The van der Waals surface area contributed by atoms with Crippen molar-refractivity contribution in [3.05, 3.63) is 11.1 Å². The second-order valence-electron chi connectivity index (χ2n) is 5.18. The number of anilines is 1. The fraction of sp³-hybridized carbons (Fsp3) is 0.786. The molecule has 4 nitrogen and oxygen atoms in total. The van der Waals surface area contributed by atoms with E-state index in [-0.39, 0.29) is 0 Å². The monoisotopic (exact) mass is 283 g/mol. The first-order valence-corrected chi connectivity index (χ1v) is 8.10. The Labute approximate surface area is 120 Å². The van der Waals surface area contributed by atoms with Crippen molar-refractivity contribution in [3.8, 4) is 0 Å². The topological polar surface area (TPSA) is 37.4 Å². The number of nitrogens with zero attached hydrogens (tertiary/aromatic N) is 2. The van der Waals surface area contributed by atoms with E-state index in [9.17, 15) is 0 Å². The molecule has 0 spiro atoms. The summed E-state index contributed by atoms with van der Waals surface area (Å²) in [5, 5.41) is 6.70. The molecule has 1 aliphatic rings. The van der Waals surface area contributed by atoms with Crippen LogP contribution in [0.2, 0.25) is 0 Å². The van der Waals surface area contributed by atoms with E-state index >= 15 is 0 Å². The molecule has 0 amide bonds. The summed E-state index contributed by atoms with van der Waals surface area (Å²) in [4.78, 5) is 7.21. The summed E-state index contributed by atoms with van der Waals surface area (Å²) < 4.78 is 5.02.